The number of nitrogens with one attached hydrogen (secondary N) is 1. The van der Waals surface area contributed by atoms with E-state index in [0.717, 1.165) is 17.0 Å². The Morgan fingerprint density at radius 3 is 2.31 bits per heavy atom. The second-order valence-electron chi connectivity index (χ2n) is 7.84. The number of para-hydroxylation sites is 3. The molecule has 4 rings (SSSR count). The summed E-state index contributed by atoms with van der Waals surface area (Å²) in [5, 5.41) is 12.3. The van der Waals surface area contributed by atoms with E-state index < -0.39 is 6.10 Å². The van der Waals surface area contributed by atoms with Gasteiger partial charge in [0.25, 0.3) is 0 Å². The molecule has 1 amide bonds. The highest BCUT2D eigenvalue weighted by Gasteiger charge is 2.22. The SMILES string of the molecule is COc1ccc(CNC(=O)CSc2nnc(C(C)Oc3ccccc3OC)n2-c2ccccc2)cc1. The quantitative estimate of drug-likeness (QED) is 0.293. The first kappa shape index (κ1) is 25.1. The van der Waals surface area contributed by atoms with Gasteiger partial charge in [-0.1, -0.05) is 54.2 Å². The molecule has 1 aromatic heterocycles. The third-order valence-corrected chi connectivity index (χ3v) is 6.32. The number of rotatable bonds is 11. The number of amides is 1. The van der Waals surface area contributed by atoms with Crippen LogP contribution in [-0.4, -0.2) is 40.6 Å². The molecular formula is C27H28N4O4S. The van der Waals surface area contributed by atoms with Gasteiger partial charge in [-0.2, -0.15) is 0 Å². The molecule has 1 unspecified atom stereocenters. The van der Waals surface area contributed by atoms with Gasteiger partial charge in [-0.25, -0.2) is 0 Å². The Morgan fingerprint density at radius 2 is 1.61 bits per heavy atom. The largest absolute Gasteiger partial charge is 0.497 e. The predicted octanol–water partition coefficient (Wildman–Crippen LogP) is 4.83. The number of carbonyl (C=O) groups is 1. The molecule has 36 heavy (non-hydrogen) atoms. The van der Waals surface area contributed by atoms with Crippen LogP contribution in [0.2, 0.25) is 0 Å². The minimum absolute atomic E-state index is 0.0988. The Morgan fingerprint density at radius 1 is 0.917 bits per heavy atom. The van der Waals surface area contributed by atoms with Crippen LogP contribution in [-0.2, 0) is 11.3 Å². The van der Waals surface area contributed by atoms with Gasteiger partial charge in [0.05, 0.1) is 20.0 Å². The summed E-state index contributed by atoms with van der Waals surface area (Å²) in [6, 6.07) is 24.8. The lowest BCUT2D eigenvalue weighted by atomic mass is 10.2. The molecule has 8 nitrogen and oxygen atoms in total. The molecule has 0 radical (unpaired) electrons. The zero-order valence-corrected chi connectivity index (χ0v) is 21.2. The number of ether oxygens (including phenoxy) is 3. The zero-order chi connectivity index (χ0) is 25.3. The third-order valence-electron chi connectivity index (χ3n) is 5.39. The van der Waals surface area contributed by atoms with Crippen LogP contribution >= 0.6 is 11.8 Å². The molecule has 0 aliphatic carbocycles. The van der Waals surface area contributed by atoms with E-state index in [4.69, 9.17) is 14.2 Å². The molecule has 1 heterocycles. The van der Waals surface area contributed by atoms with Crippen molar-refractivity contribution in [3.05, 3.63) is 90.3 Å². The van der Waals surface area contributed by atoms with Crippen LogP contribution in [0.4, 0.5) is 0 Å². The Balaban J connectivity index is 1.47. The molecule has 0 spiro atoms. The predicted molar refractivity (Wildman–Crippen MR) is 139 cm³/mol. The van der Waals surface area contributed by atoms with Crippen LogP contribution in [0.15, 0.2) is 84.0 Å². The van der Waals surface area contributed by atoms with Crippen molar-refractivity contribution in [2.75, 3.05) is 20.0 Å². The highest BCUT2D eigenvalue weighted by atomic mass is 32.2. The molecule has 1 N–H and O–H groups in total. The van der Waals surface area contributed by atoms with Crippen LogP contribution in [0, 0.1) is 0 Å². The molecule has 0 saturated heterocycles. The second kappa shape index (κ2) is 12.1. The topological polar surface area (TPSA) is 87.5 Å². The summed E-state index contributed by atoms with van der Waals surface area (Å²) in [7, 11) is 3.23. The average molecular weight is 505 g/mol. The van der Waals surface area contributed by atoms with Gasteiger partial charge in [-0.3, -0.25) is 9.36 Å². The average Bonchev–Trinajstić information content (AvgIpc) is 3.36. The highest BCUT2D eigenvalue weighted by molar-refractivity contribution is 7.99. The van der Waals surface area contributed by atoms with Crippen molar-refractivity contribution in [3.63, 3.8) is 0 Å². The number of hydrogen-bond donors (Lipinski definition) is 1. The summed E-state index contributed by atoms with van der Waals surface area (Å²) in [6.07, 6.45) is -0.424. The van der Waals surface area contributed by atoms with Crippen molar-refractivity contribution in [1.82, 2.24) is 20.1 Å². The molecule has 9 heteroatoms. The monoisotopic (exact) mass is 504 g/mol. The number of carbonyl (C=O) groups excluding carboxylic acids is 1. The summed E-state index contributed by atoms with van der Waals surface area (Å²) in [5.74, 6) is 2.75. The highest BCUT2D eigenvalue weighted by Crippen LogP contribution is 2.32. The molecule has 186 valence electrons. The molecule has 0 bridgehead atoms. The number of nitrogens with zero attached hydrogens (tertiary/aromatic N) is 3. The Labute approximate surface area is 214 Å². The maximum absolute atomic E-state index is 12.6. The van der Waals surface area contributed by atoms with Crippen LogP contribution in [0.1, 0.15) is 24.4 Å². The first-order chi connectivity index (χ1) is 17.6. The summed E-state index contributed by atoms with van der Waals surface area (Å²) in [5.41, 5.74) is 1.88. The minimum Gasteiger partial charge on any atom is -0.497 e. The molecule has 0 aliphatic rings. The van der Waals surface area contributed by atoms with Gasteiger partial charge < -0.3 is 19.5 Å². The Kier molecular flexibility index (Phi) is 8.46. The normalized spacial score (nSPS) is 11.5. The van der Waals surface area contributed by atoms with Crippen LogP contribution in [0.3, 0.4) is 0 Å². The number of aromatic nitrogens is 3. The third kappa shape index (κ3) is 6.17. The molecule has 4 aromatic rings. The second-order valence-corrected chi connectivity index (χ2v) is 8.78. The fourth-order valence-corrected chi connectivity index (χ4v) is 4.33. The van der Waals surface area contributed by atoms with Gasteiger partial charge >= 0.3 is 0 Å². The van der Waals surface area contributed by atoms with Crippen LogP contribution in [0.5, 0.6) is 17.2 Å². The van der Waals surface area contributed by atoms with Crippen molar-refractivity contribution in [2.24, 2.45) is 0 Å². The van der Waals surface area contributed by atoms with Gasteiger partial charge in [-0.15, -0.1) is 10.2 Å². The molecule has 1 atom stereocenters. The number of thioether (sulfide) groups is 1. The first-order valence-electron chi connectivity index (χ1n) is 11.4. The van der Waals surface area contributed by atoms with Crippen molar-refractivity contribution >= 4 is 17.7 Å². The Bertz CT molecular complexity index is 1280. The van der Waals surface area contributed by atoms with Crippen molar-refractivity contribution in [3.8, 4) is 22.9 Å². The summed E-state index contributed by atoms with van der Waals surface area (Å²) in [4.78, 5) is 12.6. The number of hydrogen-bond acceptors (Lipinski definition) is 7. The standard InChI is InChI=1S/C27H28N4O4S/c1-19(35-24-12-8-7-11-23(24)34-3)26-29-30-27(31(26)21-9-5-4-6-10-21)36-18-25(32)28-17-20-13-15-22(33-2)16-14-20/h4-16,19H,17-18H2,1-3H3,(H,28,32). The van der Waals surface area contributed by atoms with Gasteiger partial charge in [0.1, 0.15) is 5.75 Å². The van der Waals surface area contributed by atoms with E-state index in [1.165, 1.54) is 11.8 Å². The lowest BCUT2D eigenvalue weighted by molar-refractivity contribution is -0.118. The number of methoxy groups -OCH3 is 2. The van der Waals surface area contributed by atoms with Crippen molar-refractivity contribution < 1.29 is 19.0 Å². The van der Waals surface area contributed by atoms with Crippen LogP contribution < -0.4 is 19.5 Å². The maximum Gasteiger partial charge on any atom is 0.230 e. The first-order valence-corrected chi connectivity index (χ1v) is 12.4. The smallest absolute Gasteiger partial charge is 0.230 e. The summed E-state index contributed by atoms with van der Waals surface area (Å²) >= 11 is 1.32. The fourth-order valence-electron chi connectivity index (χ4n) is 3.54. The van der Waals surface area contributed by atoms with Gasteiger partial charge in [0, 0.05) is 12.2 Å². The minimum atomic E-state index is -0.424. The van der Waals surface area contributed by atoms with E-state index in [-0.39, 0.29) is 11.7 Å². The fraction of sp³-hybridized carbons (Fsp3) is 0.222. The lowest BCUT2D eigenvalue weighted by Crippen LogP contribution is -2.24. The van der Waals surface area contributed by atoms with Gasteiger partial charge in [0.15, 0.2) is 28.6 Å². The molecule has 0 aliphatic heterocycles. The van der Waals surface area contributed by atoms with E-state index in [1.807, 2.05) is 90.4 Å². The molecule has 0 saturated carbocycles. The number of benzene rings is 3. The molecule has 0 fully saturated rings. The van der Waals surface area contributed by atoms with E-state index in [2.05, 4.69) is 15.5 Å². The Hall–Kier alpha value is -3.98. The van der Waals surface area contributed by atoms with E-state index >= 15 is 0 Å². The summed E-state index contributed by atoms with van der Waals surface area (Å²) < 4.78 is 18.7. The van der Waals surface area contributed by atoms with Gasteiger partial charge in [-0.05, 0) is 48.9 Å². The van der Waals surface area contributed by atoms with Crippen molar-refractivity contribution in [2.45, 2.75) is 24.7 Å². The van der Waals surface area contributed by atoms with Crippen LogP contribution in [0.25, 0.3) is 5.69 Å². The molecular weight excluding hydrogens is 476 g/mol. The zero-order valence-electron chi connectivity index (χ0n) is 20.4. The van der Waals surface area contributed by atoms with E-state index in [0.29, 0.717) is 29.0 Å². The van der Waals surface area contributed by atoms with E-state index in [1.54, 1.807) is 14.2 Å². The molecule has 3 aromatic carbocycles. The summed E-state index contributed by atoms with van der Waals surface area (Å²) in [6.45, 7) is 2.34. The van der Waals surface area contributed by atoms with Crippen molar-refractivity contribution in [1.29, 1.82) is 0 Å². The van der Waals surface area contributed by atoms with Gasteiger partial charge in [0.2, 0.25) is 5.91 Å². The van der Waals surface area contributed by atoms with E-state index in [9.17, 15) is 4.79 Å². The lowest BCUT2D eigenvalue weighted by Gasteiger charge is -2.18. The maximum atomic E-state index is 12.6.